The van der Waals surface area contributed by atoms with Crippen LogP contribution in [-0.2, 0) is 4.79 Å². The molecule has 1 aliphatic rings. The zero-order chi connectivity index (χ0) is 18.4. The highest BCUT2D eigenvalue weighted by Crippen LogP contribution is 2.23. The van der Waals surface area contributed by atoms with E-state index in [4.69, 9.17) is 9.63 Å². The summed E-state index contributed by atoms with van der Waals surface area (Å²) in [5, 5.41) is 12.8. The maximum Gasteiger partial charge on any atom is 0.303 e. The zero-order valence-corrected chi connectivity index (χ0v) is 15.2. The molecule has 0 amide bonds. The number of rotatable bonds is 8. The Bertz CT molecular complexity index is 696. The summed E-state index contributed by atoms with van der Waals surface area (Å²) in [5.74, 6) is 0.571. The Morgan fingerprint density at radius 2 is 1.92 bits per heavy atom. The number of aromatic nitrogens is 2. The third-order valence-electron chi connectivity index (χ3n) is 4.90. The average molecular weight is 358 g/mol. The van der Waals surface area contributed by atoms with E-state index in [0.29, 0.717) is 11.7 Å². The summed E-state index contributed by atoms with van der Waals surface area (Å²) in [5.41, 5.74) is 0.959. The van der Waals surface area contributed by atoms with Gasteiger partial charge in [0.1, 0.15) is 0 Å². The van der Waals surface area contributed by atoms with Crippen LogP contribution in [0.2, 0.25) is 0 Å². The Kier molecular flexibility index (Phi) is 6.35. The first kappa shape index (κ1) is 18.5. The number of hydrogen-bond donors (Lipinski definition) is 1. The second-order valence-corrected chi connectivity index (χ2v) is 6.73. The van der Waals surface area contributed by atoms with Crippen LogP contribution in [0.15, 0.2) is 34.9 Å². The van der Waals surface area contributed by atoms with Crippen molar-refractivity contribution < 1.29 is 14.4 Å². The highest BCUT2D eigenvalue weighted by molar-refractivity contribution is 5.66. The fraction of sp³-hybridized carbons (Fsp3) is 0.526. The molecule has 0 spiro atoms. The van der Waals surface area contributed by atoms with E-state index in [0.717, 1.165) is 51.1 Å². The molecule has 1 aliphatic heterocycles. The first-order chi connectivity index (χ1) is 12.6. The monoisotopic (exact) mass is 358 g/mol. The number of unbranched alkanes of at least 4 members (excludes halogenated alkanes) is 1. The summed E-state index contributed by atoms with van der Waals surface area (Å²) < 4.78 is 5.49. The van der Waals surface area contributed by atoms with E-state index >= 15 is 0 Å². The van der Waals surface area contributed by atoms with Crippen LogP contribution < -0.4 is 0 Å². The van der Waals surface area contributed by atoms with E-state index in [-0.39, 0.29) is 12.5 Å². The second kappa shape index (κ2) is 8.91. The van der Waals surface area contributed by atoms with Gasteiger partial charge in [-0.3, -0.25) is 9.69 Å². The van der Waals surface area contributed by atoms with Crippen molar-refractivity contribution in [2.75, 3.05) is 32.7 Å². The molecule has 1 saturated heterocycles. The summed E-state index contributed by atoms with van der Waals surface area (Å²) in [6.07, 6.45) is 1.94. The molecule has 2 heterocycles. The predicted octanol–water partition coefficient (Wildman–Crippen LogP) is 2.67. The smallest absolute Gasteiger partial charge is 0.303 e. The molecule has 7 heteroatoms. The van der Waals surface area contributed by atoms with Gasteiger partial charge in [0.15, 0.2) is 0 Å². The van der Waals surface area contributed by atoms with E-state index in [1.165, 1.54) is 0 Å². The van der Waals surface area contributed by atoms with E-state index in [2.05, 4.69) is 26.9 Å². The molecule has 0 saturated carbocycles. The maximum atomic E-state index is 10.6. The van der Waals surface area contributed by atoms with Gasteiger partial charge in [0.05, 0.1) is 6.04 Å². The summed E-state index contributed by atoms with van der Waals surface area (Å²) in [6, 6.07) is 9.93. The number of aliphatic carboxylic acids is 1. The second-order valence-electron chi connectivity index (χ2n) is 6.73. The Balaban J connectivity index is 1.47. The lowest BCUT2D eigenvalue weighted by Gasteiger charge is -2.36. The van der Waals surface area contributed by atoms with Gasteiger partial charge in [0.25, 0.3) is 0 Å². The van der Waals surface area contributed by atoms with Gasteiger partial charge in [-0.15, -0.1) is 0 Å². The van der Waals surface area contributed by atoms with Gasteiger partial charge in [-0.25, -0.2) is 0 Å². The third-order valence-corrected chi connectivity index (χ3v) is 4.90. The van der Waals surface area contributed by atoms with Crippen molar-refractivity contribution in [3.8, 4) is 11.4 Å². The molecule has 0 aliphatic carbocycles. The average Bonchev–Trinajstić information content (AvgIpc) is 3.16. The van der Waals surface area contributed by atoms with Crippen LogP contribution in [0.25, 0.3) is 11.4 Å². The molecule has 1 aromatic heterocycles. The van der Waals surface area contributed by atoms with Crippen LogP contribution in [0.1, 0.15) is 38.1 Å². The molecule has 1 unspecified atom stereocenters. The molecule has 1 aromatic carbocycles. The minimum atomic E-state index is -0.710. The lowest BCUT2D eigenvalue weighted by Crippen LogP contribution is -2.47. The highest BCUT2D eigenvalue weighted by atomic mass is 16.5. The molecule has 0 radical (unpaired) electrons. The molecular formula is C19H26N4O3. The minimum Gasteiger partial charge on any atom is -0.481 e. The van der Waals surface area contributed by atoms with E-state index < -0.39 is 5.97 Å². The largest absolute Gasteiger partial charge is 0.481 e. The lowest BCUT2D eigenvalue weighted by molar-refractivity contribution is -0.137. The van der Waals surface area contributed by atoms with Gasteiger partial charge in [0, 0.05) is 38.2 Å². The van der Waals surface area contributed by atoms with E-state index in [9.17, 15) is 4.79 Å². The van der Waals surface area contributed by atoms with Gasteiger partial charge in [-0.1, -0.05) is 35.5 Å². The Labute approximate surface area is 153 Å². The number of benzene rings is 1. The summed E-state index contributed by atoms with van der Waals surface area (Å²) in [6.45, 7) is 6.93. The van der Waals surface area contributed by atoms with Crippen LogP contribution in [0.5, 0.6) is 0 Å². The number of nitrogens with zero attached hydrogens (tertiary/aromatic N) is 4. The van der Waals surface area contributed by atoms with Gasteiger partial charge >= 0.3 is 5.97 Å². The molecule has 1 atom stereocenters. The molecule has 7 nitrogen and oxygen atoms in total. The Morgan fingerprint density at radius 1 is 1.19 bits per heavy atom. The van der Waals surface area contributed by atoms with Crippen molar-refractivity contribution >= 4 is 5.97 Å². The topological polar surface area (TPSA) is 82.7 Å². The number of carboxylic acid groups (broad SMARTS) is 1. The summed E-state index contributed by atoms with van der Waals surface area (Å²) >= 11 is 0. The van der Waals surface area contributed by atoms with Crippen LogP contribution in [-0.4, -0.2) is 63.7 Å². The standard InChI is InChI=1S/C19H26N4O3/c1-15(19-20-18(21-26-19)16-7-3-2-4-8-16)23-13-11-22(12-14-23)10-6-5-9-17(24)25/h2-4,7-8,15H,5-6,9-14H2,1H3,(H,24,25). The van der Waals surface area contributed by atoms with Crippen LogP contribution in [0, 0.1) is 0 Å². The van der Waals surface area contributed by atoms with Crippen LogP contribution in [0.3, 0.4) is 0 Å². The van der Waals surface area contributed by atoms with Crippen molar-refractivity contribution in [3.05, 3.63) is 36.2 Å². The molecular weight excluding hydrogens is 332 g/mol. The predicted molar refractivity (Wildman–Crippen MR) is 97.6 cm³/mol. The molecule has 140 valence electrons. The molecule has 0 bridgehead atoms. The SMILES string of the molecule is CC(c1nc(-c2ccccc2)no1)N1CCN(CCCCC(=O)O)CC1. The van der Waals surface area contributed by atoms with Gasteiger partial charge in [-0.2, -0.15) is 4.98 Å². The van der Waals surface area contributed by atoms with Crippen molar-refractivity contribution in [2.45, 2.75) is 32.2 Å². The fourth-order valence-electron chi connectivity index (χ4n) is 3.25. The Hall–Kier alpha value is -2.25. The van der Waals surface area contributed by atoms with Crippen LogP contribution in [0.4, 0.5) is 0 Å². The quantitative estimate of drug-likeness (QED) is 0.726. The molecule has 1 N–H and O–H groups in total. The number of hydrogen-bond acceptors (Lipinski definition) is 6. The summed E-state index contributed by atoms with van der Waals surface area (Å²) in [4.78, 5) is 19.9. The molecule has 26 heavy (non-hydrogen) atoms. The summed E-state index contributed by atoms with van der Waals surface area (Å²) in [7, 11) is 0. The van der Waals surface area contributed by atoms with Gasteiger partial charge in [0.2, 0.25) is 11.7 Å². The minimum absolute atomic E-state index is 0.0918. The van der Waals surface area contributed by atoms with E-state index in [1.54, 1.807) is 0 Å². The normalized spacial score (nSPS) is 17.3. The number of carboxylic acids is 1. The third kappa shape index (κ3) is 4.89. The maximum absolute atomic E-state index is 10.6. The van der Waals surface area contributed by atoms with E-state index in [1.807, 2.05) is 30.3 Å². The highest BCUT2D eigenvalue weighted by Gasteiger charge is 2.25. The molecule has 2 aromatic rings. The Morgan fingerprint density at radius 3 is 2.62 bits per heavy atom. The van der Waals surface area contributed by atoms with Crippen molar-refractivity contribution in [3.63, 3.8) is 0 Å². The first-order valence-corrected chi connectivity index (χ1v) is 9.20. The fourth-order valence-corrected chi connectivity index (χ4v) is 3.25. The molecule has 3 rings (SSSR count). The van der Waals surface area contributed by atoms with Crippen LogP contribution >= 0.6 is 0 Å². The lowest BCUT2D eigenvalue weighted by atomic mass is 10.2. The van der Waals surface area contributed by atoms with Gasteiger partial charge in [-0.05, 0) is 26.3 Å². The molecule has 1 fully saturated rings. The van der Waals surface area contributed by atoms with Gasteiger partial charge < -0.3 is 14.5 Å². The number of carbonyl (C=O) groups is 1. The first-order valence-electron chi connectivity index (χ1n) is 9.20. The van der Waals surface area contributed by atoms with Crippen molar-refractivity contribution in [2.24, 2.45) is 0 Å². The number of piperazine rings is 1. The van der Waals surface area contributed by atoms with Crippen molar-refractivity contribution in [1.29, 1.82) is 0 Å². The zero-order valence-electron chi connectivity index (χ0n) is 15.2. The van der Waals surface area contributed by atoms with Crippen molar-refractivity contribution in [1.82, 2.24) is 19.9 Å².